The second-order valence-electron chi connectivity index (χ2n) is 10.9. The fraction of sp³-hybridized carbons (Fsp3) is 0.618. The molecule has 1 fully saturated rings. The van der Waals surface area contributed by atoms with E-state index in [4.69, 9.17) is 19.5 Å². The van der Waals surface area contributed by atoms with Crippen LogP contribution in [-0.2, 0) is 27.4 Å². The van der Waals surface area contributed by atoms with Crippen molar-refractivity contribution in [1.82, 2.24) is 4.90 Å². The lowest BCUT2D eigenvalue weighted by Gasteiger charge is -2.34. The minimum atomic E-state index is -0.0238. The van der Waals surface area contributed by atoms with Crippen molar-refractivity contribution in [3.63, 3.8) is 0 Å². The molecule has 1 aliphatic carbocycles. The Balaban J connectivity index is 1.68. The van der Waals surface area contributed by atoms with Crippen LogP contribution in [0.1, 0.15) is 88.7 Å². The van der Waals surface area contributed by atoms with Crippen LogP contribution in [0.15, 0.2) is 60.7 Å². The highest BCUT2D eigenvalue weighted by Gasteiger charge is 2.47. The van der Waals surface area contributed by atoms with E-state index < -0.39 is 0 Å². The van der Waals surface area contributed by atoms with Gasteiger partial charge in [-0.3, -0.25) is 4.90 Å². The molecule has 5 nitrogen and oxygen atoms in total. The average molecular weight is 535 g/mol. The summed E-state index contributed by atoms with van der Waals surface area (Å²) in [5.74, 6) is 0. The fourth-order valence-electron chi connectivity index (χ4n) is 5.55. The molecule has 4 atom stereocenters. The van der Waals surface area contributed by atoms with Crippen molar-refractivity contribution in [2.75, 3.05) is 20.2 Å². The van der Waals surface area contributed by atoms with E-state index in [0.717, 1.165) is 51.7 Å². The molecule has 0 heterocycles. The van der Waals surface area contributed by atoms with Gasteiger partial charge in [-0.1, -0.05) is 106 Å². The number of hydrogen-bond donors (Lipinski definition) is 0. The van der Waals surface area contributed by atoms with Crippen molar-refractivity contribution in [3.05, 3.63) is 71.8 Å². The van der Waals surface area contributed by atoms with Gasteiger partial charge in [0.25, 0.3) is 0 Å². The summed E-state index contributed by atoms with van der Waals surface area (Å²) in [7, 11) is 2.22. The minimum absolute atomic E-state index is 0.00954. The number of nitrogens with zero attached hydrogens (tertiary/aromatic N) is 2. The summed E-state index contributed by atoms with van der Waals surface area (Å²) in [6.45, 7) is 5.19. The maximum absolute atomic E-state index is 8.82. The van der Waals surface area contributed by atoms with Gasteiger partial charge in [-0.15, -0.1) is 0 Å². The highest BCUT2D eigenvalue weighted by Crippen LogP contribution is 2.33. The lowest BCUT2D eigenvalue weighted by Crippen LogP contribution is -2.48. The van der Waals surface area contributed by atoms with Gasteiger partial charge in [0.05, 0.1) is 37.5 Å². The molecule has 5 heteroatoms. The standard InChI is InChI=1S/C34H50N2O3/c1-3-4-5-9-18-25-37-34-32(39-28-30-21-14-11-15-22-30)26-31(38-27-29-19-12-10-13-20-29)33(34)36(2)24-17-8-6-7-16-23-35/h10-15,19-22,31-34H,3-9,16-18,24-28H2,1-2H3. The summed E-state index contributed by atoms with van der Waals surface area (Å²) in [5, 5.41) is 8.82. The summed E-state index contributed by atoms with van der Waals surface area (Å²) < 4.78 is 19.9. The van der Waals surface area contributed by atoms with Crippen molar-refractivity contribution >= 4 is 0 Å². The highest BCUT2D eigenvalue weighted by molar-refractivity contribution is 5.15. The Morgan fingerprint density at radius 3 is 1.97 bits per heavy atom. The van der Waals surface area contributed by atoms with Crippen LogP contribution in [0.4, 0.5) is 0 Å². The van der Waals surface area contributed by atoms with Crippen LogP contribution in [0.5, 0.6) is 0 Å². The maximum Gasteiger partial charge on any atom is 0.102 e. The molecular formula is C34H50N2O3. The van der Waals surface area contributed by atoms with Crippen LogP contribution in [-0.4, -0.2) is 49.5 Å². The molecule has 2 aromatic rings. The van der Waals surface area contributed by atoms with E-state index in [1.54, 1.807) is 0 Å². The molecule has 4 unspecified atom stereocenters. The molecule has 0 aromatic heterocycles. The Morgan fingerprint density at radius 2 is 1.33 bits per heavy atom. The van der Waals surface area contributed by atoms with Gasteiger partial charge >= 0.3 is 0 Å². The van der Waals surface area contributed by atoms with E-state index in [1.165, 1.54) is 36.8 Å². The molecule has 0 bridgehead atoms. The maximum atomic E-state index is 8.82. The fourth-order valence-corrected chi connectivity index (χ4v) is 5.55. The third-order valence-electron chi connectivity index (χ3n) is 7.78. The highest BCUT2D eigenvalue weighted by atomic mass is 16.6. The monoisotopic (exact) mass is 534 g/mol. The molecule has 0 spiro atoms. The quantitative estimate of drug-likeness (QED) is 0.163. The van der Waals surface area contributed by atoms with Crippen LogP contribution in [0.3, 0.4) is 0 Å². The SMILES string of the molecule is CCCCCCCOC1C(OCc2ccccc2)CC(OCc2ccccc2)C1N(C)CCCCCCC#N. The van der Waals surface area contributed by atoms with Gasteiger partial charge in [0, 0.05) is 19.4 Å². The molecule has 214 valence electrons. The van der Waals surface area contributed by atoms with Crippen LogP contribution in [0.2, 0.25) is 0 Å². The number of hydrogen-bond acceptors (Lipinski definition) is 5. The van der Waals surface area contributed by atoms with Crippen molar-refractivity contribution in [3.8, 4) is 6.07 Å². The zero-order valence-electron chi connectivity index (χ0n) is 24.3. The summed E-state index contributed by atoms with van der Waals surface area (Å²) in [6.07, 6.45) is 12.0. The first kappa shape index (κ1) is 31.3. The van der Waals surface area contributed by atoms with Crippen LogP contribution in [0, 0.1) is 11.3 Å². The molecule has 0 radical (unpaired) electrons. The molecule has 2 aromatic carbocycles. The summed E-state index contributed by atoms with van der Waals surface area (Å²) in [5.41, 5.74) is 2.38. The van der Waals surface area contributed by atoms with Crippen molar-refractivity contribution in [1.29, 1.82) is 5.26 Å². The second kappa shape index (κ2) is 19.0. The zero-order valence-corrected chi connectivity index (χ0v) is 24.3. The molecule has 1 saturated carbocycles. The van der Waals surface area contributed by atoms with E-state index in [2.05, 4.69) is 73.5 Å². The van der Waals surface area contributed by atoms with Crippen LogP contribution >= 0.6 is 0 Å². The van der Waals surface area contributed by atoms with E-state index in [9.17, 15) is 0 Å². The van der Waals surface area contributed by atoms with E-state index in [-0.39, 0.29) is 24.4 Å². The number of ether oxygens (including phenoxy) is 3. The average Bonchev–Trinajstić information content (AvgIpc) is 3.32. The van der Waals surface area contributed by atoms with Crippen molar-refractivity contribution < 1.29 is 14.2 Å². The lowest BCUT2D eigenvalue weighted by molar-refractivity contribution is -0.0898. The van der Waals surface area contributed by atoms with Gasteiger partial charge < -0.3 is 14.2 Å². The molecule has 0 N–H and O–H groups in total. The Morgan fingerprint density at radius 1 is 0.744 bits per heavy atom. The third kappa shape index (κ3) is 11.4. The lowest BCUT2D eigenvalue weighted by atomic mass is 10.1. The Bertz CT molecular complexity index is 917. The number of likely N-dealkylation sites (N-methyl/N-ethyl adjacent to an activating group) is 1. The largest absolute Gasteiger partial charge is 0.374 e. The normalized spacial score (nSPS) is 20.9. The Kier molecular flexibility index (Phi) is 15.2. The summed E-state index contributed by atoms with van der Waals surface area (Å²) >= 11 is 0. The molecule has 0 aliphatic heterocycles. The summed E-state index contributed by atoms with van der Waals surface area (Å²) in [4.78, 5) is 2.45. The first-order chi connectivity index (χ1) is 19.2. The van der Waals surface area contributed by atoms with E-state index in [1.807, 2.05) is 12.1 Å². The van der Waals surface area contributed by atoms with Gasteiger partial charge in [0.1, 0.15) is 6.10 Å². The molecule has 0 saturated heterocycles. The van der Waals surface area contributed by atoms with E-state index >= 15 is 0 Å². The molecule has 1 aliphatic rings. The summed E-state index contributed by atoms with van der Waals surface area (Å²) in [6, 6.07) is 23.3. The minimum Gasteiger partial charge on any atom is -0.374 e. The Labute approximate surface area is 237 Å². The van der Waals surface area contributed by atoms with Crippen molar-refractivity contribution in [2.24, 2.45) is 0 Å². The van der Waals surface area contributed by atoms with Crippen LogP contribution in [0.25, 0.3) is 0 Å². The number of nitriles is 1. The number of benzene rings is 2. The molecule has 0 amide bonds. The van der Waals surface area contributed by atoms with Crippen molar-refractivity contribution in [2.45, 2.75) is 115 Å². The smallest absolute Gasteiger partial charge is 0.102 e. The van der Waals surface area contributed by atoms with Crippen LogP contribution < -0.4 is 0 Å². The van der Waals surface area contributed by atoms with Gasteiger partial charge in [-0.05, 0) is 44.0 Å². The third-order valence-corrected chi connectivity index (χ3v) is 7.78. The molecule has 39 heavy (non-hydrogen) atoms. The number of rotatable bonds is 20. The topological polar surface area (TPSA) is 54.7 Å². The predicted octanol–water partition coefficient (Wildman–Crippen LogP) is 7.69. The van der Waals surface area contributed by atoms with Gasteiger partial charge in [0.15, 0.2) is 0 Å². The first-order valence-corrected chi connectivity index (χ1v) is 15.2. The van der Waals surface area contributed by atoms with E-state index in [0.29, 0.717) is 19.6 Å². The first-order valence-electron chi connectivity index (χ1n) is 15.2. The van der Waals surface area contributed by atoms with Gasteiger partial charge in [-0.2, -0.15) is 5.26 Å². The molecular weight excluding hydrogens is 484 g/mol. The van der Waals surface area contributed by atoms with Gasteiger partial charge in [0.2, 0.25) is 0 Å². The zero-order chi connectivity index (χ0) is 27.5. The predicted molar refractivity (Wildman–Crippen MR) is 158 cm³/mol. The number of unbranched alkanes of at least 4 members (excludes halogenated alkanes) is 8. The Hall–Kier alpha value is -2.23. The second-order valence-corrected chi connectivity index (χ2v) is 10.9. The molecule has 3 rings (SSSR count). The van der Waals surface area contributed by atoms with Gasteiger partial charge in [-0.25, -0.2) is 0 Å².